The minimum Gasteiger partial charge on any atom is -0.389 e. The summed E-state index contributed by atoms with van der Waals surface area (Å²) in [5, 5.41) is 14.3. The normalized spacial score (nSPS) is 30.9. The fraction of sp³-hybridized carbons (Fsp3) is 0.778. The molecule has 1 heterocycles. The molecule has 0 saturated heterocycles. The fourth-order valence-corrected chi connectivity index (χ4v) is 4.93. The van der Waals surface area contributed by atoms with Gasteiger partial charge in [0.2, 0.25) is 0 Å². The SMILES string of the molecule is CC1CCC(O)(CNC(C)c2cc3c(s2)CCCC3)CC1. The first-order chi connectivity index (χ1) is 10.1. The number of aliphatic hydroxyl groups is 1. The number of rotatable bonds is 4. The standard InChI is InChI=1S/C18H29NOS/c1-13-7-9-18(20,10-8-13)12-19-14(2)17-11-15-5-3-4-6-16(15)21-17/h11,13-14,19-20H,3-10,12H2,1-2H3. The van der Waals surface area contributed by atoms with Crippen LogP contribution in [0.15, 0.2) is 6.07 Å². The van der Waals surface area contributed by atoms with E-state index >= 15 is 0 Å². The van der Waals surface area contributed by atoms with Gasteiger partial charge in [-0.1, -0.05) is 6.92 Å². The Balaban J connectivity index is 1.56. The average molecular weight is 308 g/mol. The zero-order valence-electron chi connectivity index (χ0n) is 13.5. The highest BCUT2D eigenvalue weighted by atomic mass is 32.1. The number of aryl methyl sites for hydroxylation is 2. The molecule has 3 rings (SSSR count). The Morgan fingerprint density at radius 3 is 2.76 bits per heavy atom. The highest BCUT2D eigenvalue weighted by Gasteiger charge is 2.32. The predicted octanol–water partition coefficient (Wildman–Crippen LogP) is 4.22. The van der Waals surface area contributed by atoms with Crippen LogP contribution in [0.1, 0.15) is 73.7 Å². The maximum Gasteiger partial charge on any atom is 0.0772 e. The summed E-state index contributed by atoms with van der Waals surface area (Å²) in [7, 11) is 0. The van der Waals surface area contributed by atoms with Crippen LogP contribution in [-0.4, -0.2) is 17.3 Å². The molecule has 3 heteroatoms. The van der Waals surface area contributed by atoms with Crippen molar-refractivity contribution in [3.63, 3.8) is 0 Å². The summed E-state index contributed by atoms with van der Waals surface area (Å²) in [4.78, 5) is 3.06. The van der Waals surface area contributed by atoms with E-state index in [0.717, 1.165) is 25.3 Å². The van der Waals surface area contributed by atoms with Crippen LogP contribution in [0.4, 0.5) is 0 Å². The third-order valence-corrected chi connectivity index (χ3v) is 6.80. The number of fused-ring (bicyclic) bond motifs is 1. The third kappa shape index (κ3) is 3.69. The molecule has 118 valence electrons. The lowest BCUT2D eigenvalue weighted by Gasteiger charge is -2.35. The Hall–Kier alpha value is -0.380. The van der Waals surface area contributed by atoms with Gasteiger partial charge in [0.15, 0.2) is 0 Å². The Kier molecular flexibility index (Phi) is 4.72. The van der Waals surface area contributed by atoms with Crippen molar-refractivity contribution in [1.82, 2.24) is 5.32 Å². The van der Waals surface area contributed by atoms with Gasteiger partial charge in [-0.25, -0.2) is 0 Å². The fourth-order valence-electron chi connectivity index (χ4n) is 3.65. The van der Waals surface area contributed by atoms with E-state index in [0.29, 0.717) is 6.04 Å². The lowest BCUT2D eigenvalue weighted by Crippen LogP contribution is -2.43. The summed E-state index contributed by atoms with van der Waals surface area (Å²) < 4.78 is 0. The zero-order valence-corrected chi connectivity index (χ0v) is 14.3. The van der Waals surface area contributed by atoms with Crippen molar-refractivity contribution in [2.75, 3.05) is 6.54 Å². The van der Waals surface area contributed by atoms with E-state index in [9.17, 15) is 5.11 Å². The van der Waals surface area contributed by atoms with Crippen LogP contribution in [0.5, 0.6) is 0 Å². The Bertz CT molecular complexity index is 450. The topological polar surface area (TPSA) is 32.3 Å². The molecule has 0 aliphatic heterocycles. The van der Waals surface area contributed by atoms with Crippen LogP contribution in [0.2, 0.25) is 0 Å². The van der Waals surface area contributed by atoms with Crippen molar-refractivity contribution < 1.29 is 5.11 Å². The number of thiophene rings is 1. The van der Waals surface area contributed by atoms with Crippen LogP contribution < -0.4 is 5.32 Å². The largest absolute Gasteiger partial charge is 0.389 e. The summed E-state index contributed by atoms with van der Waals surface area (Å²) in [6.45, 7) is 5.28. The van der Waals surface area contributed by atoms with Crippen molar-refractivity contribution in [3.05, 3.63) is 21.4 Å². The molecule has 1 aromatic heterocycles. The van der Waals surface area contributed by atoms with Gasteiger partial charge in [0.1, 0.15) is 0 Å². The predicted molar refractivity (Wildman–Crippen MR) is 90.0 cm³/mol. The molecule has 1 saturated carbocycles. The van der Waals surface area contributed by atoms with Gasteiger partial charge in [0, 0.05) is 22.3 Å². The molecular weight excluding hydrogens is 278 g/mol. The zero-order chi connectivity index (χ0) is 14.9. The van der Waals surface area contributed by atoms with Crippen molar-refractivity contribution in [3.8, 4) is 0 Å². The van der Waals surface area contributed by atoms with E-state index in [2.05, 4.69) is 25.2 Å². The van der Waals surface area contributed by atoms with Crippen molar-refractivity contribution >= 4 is 11.3 Å². The summed E-state index contributed by atoms with van der Waals surface area (Å²) in [6.07, 6.45) is 9.48. The van der Waals surface area contributed by atoms with Gasteiger partial charge in [0.25, 0.3) is 0 Å². The first kappa shape index (κ1) is 15.5. The van der Waals surface area contributed by atoms with E-state index in [-0.39, 0.29) is 0 Å². The monoisotopic (exact) mass is 307 g/mol. The minimum atomic E-state index is -0.475. The molecule has 1 aromatic rings. The number of hydrogen-bond acceptors (Lipinski definition) is 3. The minimum absolute atomic E-state index is 0.365. The lowest BCUT2D eigenvalue weighted by atomic mass is 9.79. The Labute approximate surface area is 133 Å². The molecular formula is C18H29NOS. The van der Waals surface area contributed by atoms with Gasteiger partial charge in [-0.05, 0) is 75.8 Å². The van der Waals surface area contributed by atoms with E-state index in [1.807, 2.05) is 11.3 Å². The van der Waals surface area contributed by atoms with Gasteiger partial charge in [-0.3, -0.25) is 0 Å². The molecule has 0 amide bonds. The van der Waals surface area contributed by atoms with Gasteiger partial charge < -0.3 is 10.4 Å². The highest BCUT2D eigenvalue weighted by Crippen LogP contribution is 2.34. The van der Waals surface area contributed by atoms with Crippen molar-refractivity contribution in [2.24, 2.45) is 5.92 Å². The quantitative estimate of drug-likeness (QED) is 0.873. The Morgan fingerprint density at radius 2 is 2.05 bits per heavy atom. The van der Waals surface area contributed by atoms with E-state index in [4.69, 9.17) is 0 Å². The maximum atomic E-state index is 10.7. The highest BCUT2D eigenvalue weighted by molar-refractivity contribution is 7.12. The smallest absolute Gasteiger partial charge is 0.0772 e. The molecule has 21 heavy (non-hydrogen) atoms. The summed E-state index contributed by atoms with van der Waals surface area (Å²) in [5.74, 6) is 0.784. The van der Waals surface area contributed by atoms with Crippen LogP contribution in [-0.2, 0) is 12.8 Å². The summed E-state index contributed by atoms with van der Waals surface area (Å²) >= 11 is 1.99. The van der Waals surface area contributed by atoms with Crippen molar-refractivity contribution in [2.45, 2.75) is 76.9 Å². The molecule has 0 spiro atoms. The van der Waals surface area contributed by atoms with E-state index in [1.165, 1.54) is 43.4 Å². The first-order valence-corrected chi connectivity index (χ1v) is 9.45. The molecule has 1 unspecified atom stereocenters. The number of nitrogens with one attached hydrogen (secondary N) is 1. The van der Waals surface area contributed by atoms with E-state index < -0.39 is 5.60 Å². The third-order valence-electron chi connectivity index (χ3n) is 5.38. The second-order valence-corrected chi connectivity index (χ2v) is 8.48. The van der Waals surface area contributed by atoms with Gasteiger partial charge >= 0.3 is 0 Å². The molecule has 0 aromatic carbocycles. The van der Waals surface area contributed by atoms with Crippen LogP contribution in [0, 0.1) is 5.92 Å². The average Bonchev–Trinajstić information content (AvgIpc) is 2.92. The van der Waals surface area contributed by atoms with Gasteiger partial charge in [-0.2, -0.15) is 0 Å². The van der Waals surface area contributed by atoms with Gasteiger partial charge in [-0.15, -0.1) is 11.3 Å². The summed E-state index contributed by atoms with van der Waals surface area (Å²) in [6, 6.07) is 2.77. The van der Waals surface area contributed by atoms with E-state index in [1.54, 1.807) is 10.4 Å². The first-order valence-electron chi connectivity index (χ1n) is 8.63. The molecule has 2 aliphatic rings. The maximum absolute atomic E-state index is 10.7. The summed E-state index contributed by atoms with van der Waals surface area (Å²) in [5.41, 5.74) is 1.11. The molecule has 0 bridgehead atoms. The molecule has 2 aliphatic carbocycles. The van der Waals surface area contributed by atoms with Crippen LogP contribution in [0.25, 0.3) is 0 Å². The molecule has 2 N–H and O–H groups in total. The molecule has 1 fully saturated rings. The van der Waals surface area contributed by atoms with Crippen LogP contribution in [0.3, 0.4) is 0 Å². The molecule has 1 atom stereocenters. The Morgan fingerprint density at radius 1 is 1.33 bits per heavy atom. The molecule has 2 nitrogen and oxygen atoms in total. The molecule has 0 radical (unpaired) electrons. The van der Waals surface area contributed by atoms with Crippen LogP contribution >= 0.6 is 11.3 Å². The number of hydrogen-bond donors (Lipinski definition) is 2. The van der Waals surface area contributed by atoms with Gasteiger partial charge in [0.05, 0.1) is 5.60 Å². The van der Waals surface area contributed by atoms with Crippen molar-refractivity contribution in [1.29, 1.82) is 0 Å². The second kappa shape index (κ2) is 6.39. The lowest BCUT2D eigenvalue weighted by molar-refractivity contribution is -0.00777. The second-order valence-electron chi connectivity index (χ2n) is 7.31.